The zero-order chi connectivity index (χ0) is 21.6. The first kappa shape index (κ1) is 21.1. The summed E-state index contributed by atoms with van der Waals surface area (Å²) in [7, 11) is 1.79. The van der Waals surface area contributed by atoms with Crippen LogP contribution in [0, 0.1) is 6.92 Å². The van der Waals surface area contributed by atoms with Gasteiger partial charge in [0.05, 0.1) is 0 Å². The van der Waals surface area contributed by atoms with Crippen molar-refractivity contribution in [2.75, 3.05) is 29.2 Å². The molecule has 1 saturated heterocycles. The fourth-order valence-electron chi connectivity index (χ4n) is 3.21. The number of nitrogens with one attached hydrogen (secondary N) is 2. The van der Waals surface area contributed by atoms with Crippen LogP contribution in [-0.4, -0.2) is 53.7 Å². The van der Waals surface area contributed by atoms with Crippen molar-refractivity contribution in [1.82, 2.24) is 18.0 Å². The summed E-state index contributed by atoms with van der Waals surface area (Å²) in [5, 5.41) is 9.85. The molecule has 0 aromatic carbocycles. The summed E-state index contributed by atoms with van der Waals surface area (Å²) in [6.07, 6.45) is -2.74. The van der Waals surface area contributed by atoms with E-state index in [2.05, 4.69) is 25.7 Å². The Hall–Kier alpha value is -2.16. The van der Waals surface area contributed by atoms with Crippen LogP contribution >= 0.6 is 0 Å². The second-order valence-electron chi connectivity index (χ2n) is 7.10. The molecular formula is C17H20F3IN7O2-. The molecule has 0 radical (unpaired) electrons. The first-order chi connectivity index (χ1) is 14.1. The summed E-state index contributed by atoms with van der Waals surface area (Å²) in [6, 6.07) is 0.489. The van der Waals surface area contributed by atoms with Crippen LogP contribution in [0.15, 0.2) is 12.3 Å². The molecule has 4 rings (SSSR count). The van der Waals surface area contributed by atoms with Gasteiger partial charge >= 0.3 is 181 Å². The summed E-state index contributed by atoms with van der Waals surface area (Å²) >= 11 is -1.14. The van der Waals surface area contributed by atoms with E-state index in [1.165, 1.54) is 0 Å². The third kappa shape index (κ3) is 4.04. The van der Waals surface area contributed by atoms with Crippen molar-refractivity contribution in [1.29, 1.82) is 0 Å². The van der Waals surface area contributed by atoms with Crippen LogP contribution in [0.25, 0.3) is 0 Å². The average Bonchev–Trinajstić information content (AvgIpc) is 3.31. The van der Waals surface area contributed by atoms with Crippen molar-refractivity contribution in [3.63, 3.8) is 0 Å². The number of ether oxygens (including phenoxy) is 1. The van der Waals surface area contributed by atoms with Gasteiger partial charge in [0.25, 0.3) is 0 Å². The number of nitrogens with zero attached hydrogens (tertiary/aromatic N) is 5. The maximum absolute atomic E-state index is 13.0. The minimum absolute atomic E-state index is 0.120. The summed E-state index contributed by atoms with van der Waals surface area (Å²) in [6.45, 7) is 3.91. The van der Waals surface area contributed by atoms with E-state index in [1.54, 1.807) is 25.8 Å². The third-order valence-corrected chi connectivity index (χ3v) is 7.77. The molecule has 2 aliphatic rings. The van der Waals surface area contributed by atoms with Crippen molar-refractivity contribution in [3.8, 4) is 0 Å². The van der Waals surface area contributed by atoms with E-state index in [4.69, 9.17) is 4.74 Å². The van der Waals surface area contributed by atoms with Crippen molar-refractivity contribution >= 4 is 23.4 Å². The van der Waals surface area contributed by atoms with Crippen molar-refractivity contribution in [2.45, 2.75) is 42.6 Å². The van der Waals surface area contributed by atoms with Gasteiger partial charge < -0.3 is 0 Å². The van der Waals surface area contributed by atoms with E-state index < -0.39 is 33.3 Å². The van der Waals surface area contributed by atoms with Gasteiger partial charge in [-0.05, 0) is 0 Å². The van der Waals surface area contributed by atoms with E-state index >= 15 is 0 Å². The fourth-order valence-corrected chi connectivity index (χ4v) is 6.03. The number of amides is 1. The number of carbonyl (C=O) groups excluding carboxylic acids is 1. The molecule has 1 fully saturated rings. The van der Waals surface area contributed by atoms with Crippen LogP contribution in [-0.2, 0) is 15.7 Å². The number of anilines is 3. The van der Waals surface area contributed by atoms with Gasteiger partial charge in [0.15, 0.2) is 0 Å². The maximum atomic E-state index is 13.0. The summed E-state index contributed by atoms with van der Waals surface area (Å²) < 4.78 is 45.5. The zero-order valence-electron chi connectivity index (χ0n) is 16.4. The van der Waals surface area contributed by atoms with Crippen molar-refractivity contribution in [3.05, 3.63) is 23.7 Å². The standard InChI is InChI=1S/C17H20F3IN7O2/c1-8-13-14(27(3)9(2)15(29)25-13)26-16(23-8)24-10-6-12(30-7-10)21-28-11(4-5-22-28)17(18,19)20/h4-5,9-10,12H,6-7H2,1-3H3,(H,25,29)(H,23,24,26)/q-1/t9-,10-,12+/m0/s1. The van der Waals surface area contributed by atoms with Crippen LogP contribution in [0.4, 0.5) is 30.6 Å². The Labute approximate surface area is 181 Å². The predicted octanol–water partition coefficient (Wildman–Crippen LogP) is -1.14. The third-order valence-electron chi connectivity index (χ3n) is 4.99. The van der Waals surface area contributed by atoms with E-state index in [9.17, 15) is 18.0 Å². The molecule has 0 aliphatic carbocycles. The Balaban J connectivity index is 1.44. The van der Waals surface area contributed by atoms with E-state index in [0.29, 0.717) is 36.2 Å². The molecular weight excluding hydrogens is 518 g/mol. The van der Waals surface area contributed by atoms with E-state index in [1.807, 2.05) is 0 Å². The number of alkyl halides is 4. The Morgan fingerprint density at radius 1 is 1.37 bits per heavy atom. The Bertz CT molecular complexity index is 967. The van der Waals surface area contributed by atoms with Crippen molar-refractivity contribution < 1.29 is 44.2 Å². The van der Waals surface area contributed by atoms with E-state index in [-0.39, 0.29) is 22.1 Å². The molecule has 0 bridgehead atoms. The molecule has 1 amide bonds. The predicted molar refractivity (Wildman–Crippen MR) is 97.7 cm³/mol. The quantitative estimate of drug-likeness (QED) is 0.376. The van der Waals surface area contributed by atoms with Gasteiger partial charge in [0.1, 0.15) is 0 Å². The summed E-state index contributed by atoms with van der Waals surface area (Å²) in [4.78, 5) is 22.7. The van der Waals surface area contributed by atoms with Gasteiger partial charge in [0, 0.05) is 0 Å². The van der Waals surface area contributed by atoms with Crippen LogP contribution in [0.3, 0.4) is 0 Å². The van der Waals surface area contributed by atoms with Gasteiger partial charge in [-0.3, -0.25) is 0 Å². The van der Waals surface area contributed by atoms with Gasteiger partial charge in [-0.25, -0.2) is 0 Å². The van der Waals surface area contributed by atoms with Crippen molar-refractivity contribution in [2.24, 2.45) is 0 Å². The van der Waals surface area contributed by atoms with Gasteiger partial charge in [-0.2, -0.15) is 0 Å². The number of hydrogen-bond acceptors (Lipinski definition) is 7. The van der Waals surface area contributed by atoms with Crippen LogP contribution < -0.4 is 37.0 Å². The molecule has 4 heterocycles. The molecule has 2 N–H and O–H groups in total. The average molecular weight is 538 g/mol. The first-order valence-electron chi connectivity index (χ1n) is 9.19. The van der Waals surface area contributed by atoms with Gasteiger partial charge in [-0.1, -0.05) is 0 Å². The Kier molecular flexibility index (Phi) is 5.50. The van der Waals surface area contributed by atoms with Crippen LogP contribution in [0.1, 0.15) is 24.7 Å². The summed E-state index contributed by atoms with van der Waals surface area (Å²) in [5.74, 6) is 0.889. The molecule has 30 heavy (non-hydrogen) atoms. The number of likely N-dealkylation sites (N-methyl/N-ethyl adjacent to an activating group) is 1. The molecule has 13 heteroatoms. The molecule has 0 unspecified atom stereocenters. The number of aryl methyl sites for hydroxylation is 1. The summed E-state index contributed by atoms with van der Waals surface area (Å²) in [5.41, 5.74) is 0.461. The molecule has 9 nitrogen and oxygen atoms in total. The second-order valence-corrected chi connectivity index (χ2v) is 9.96. The molecule has 0 spiro atoms. The second kappa shape index (κ2) is 7.83. The van der Waals surface area contributed by atoms with Crippen LogP contribution in [0.2, 0.25) is 0 Å². The first-order valence-corrected chi connectivity index (χ1v) is 11.4. The zero-order valence-corrected chi connectivity index (χ0v) is 18.5. The molecule has 3 atom stereocenters. The number of aromatic nitrogens is 4. The molecule has 2 aromatic rings. The fraction of sp³-hybridized carbons (Fsp3) is 0.529. The minimum atomic E-state index is -4.43. The van der Waals surface area contributed by atoms with Gasteiger partial charge in [-0.15, -0.1) is 0 Å². The molecule has 2 aromatic heterocycles. The number of rotatable bonds is 4. The Morgan fingerprint density at radius 2 is 2.13 bits per heavy atom. The molecule has 2 aliphatic heterocycles. The SMILES string of the molecule is Cc1nc(N[C@@H]2CO[C@@H]([I-]n3nccc3C(F)(F)F)C2)nc2c1NC(=O)[C@H](C)N2C. The number of fused-ring (bicyclic) bond motifs is 1. The topological polar surface area (TPSA) is 97.2 Å². The number of halogens is 4. The van der Waals surface area contributed by atoms with Gasteiger partial charge in [0.2, 0.25) is 0 Å². The molecule has 0 saturated carbocycles. The van der Waals surface area contributed by atoms with Crippen LogP contribution in [0.5, 0.6) is 0 Å². The monoisotopic (exact) mass is 538 g/mol. The Morgan fingerprint density at radius 3 is 2.87 bits per heavy atom. The molecule has 164 valence electrons. The number of hydrogen-bond donors (Lipinski definition) is 2. The van der Waals surface area contributed by atoms with E-state index in [0.717, 1.165) is 15.2 Å². The number of carbonyl (C=O) groups is 1. The normalized spacial score (nSPS) is 24.1.